The maximum Gasteiger partial charge on any atom is 0.191 e. The number of benzene rings is 1. The van der Waals surface area contributed by atoms with Gasteiger partial charge in [-0.25, -0.2) is 14.7 Å². The van der Waals surface area contributed by atoms with Crippen molar-refractivity contribution in [2.45, 2.75) is 52.4 Å². The van der Waals surface area contributed by atoms with Crippen LogP contribution in [0.2, 0.25) is 5.02 Å². The predicted octanol–water partition coefficient (Wildman–Crippen LogP) is 3.16. The number of rotatable bonds is 8. The minimum absolute atomic E-state index is 0. The third kappa shape index (κ3) is 6.71. The average Bonchev–Trinajstić information content (AvgIpc) is 3.09. The number of guanidine groups is 1. The van der Waals surface area contributed by atoms with Crippen LogP contribution in [0.1, 0.15) is 37.5 Å². The molecule has 1 atom stereocenters. The van der Waals surface area contributed by atoms with Crippen LogP contribution in [0.15, 0.2) is 23.2 Å². The number of ether oxygens (including phenoxy) is 2. The van der Waals surface area contributed by atoms with E-state index < -0.39 is 0 Å². The van der Waals surface area contributed by atoms with Gasteiger partial charge in [-0.05, 0) is 32.4 Å². The van der Waals surface area contributed by atoms with E-state index in [1.54, 1.807) is 7.11 Å². The fraction of sp³-hybridized carbons (Fsp3) is 0.550. The van der Waals surface area contributed by atoms with Crippen molar-refractivity contribution in [1.82, 2.24) is 25.4 Å². The van der Waals surface area contributed by atoms with Crippen molar-refractivity contribution >= 4 is 41.5 Å². The van der Waals surface area contributed by atoms with Crippen LogP contribution >= 0.6 is 35.6 Å². The average molecular weight is 549 g/mol. The normalized spacial score (nSPS) is 15.9. The topological polar surface area (TPSA) is 85.6 Å². The summed E-state index contributed by atoms with van der Waals surface area (Å²) >= 11 is 6.09. The zero-order valence-electron chi connectivity index (χ0n) is 17.7. The summed E-state index contributed by atoms with van der Waals surface area (Å²) in [6.45, 7) is 7.07. The van der Waals surface area contributed by atoms with Crippen LogP contribution in [0.5, 0.6) is 5.75 Å². The first-order valence-corrected chi connectivity index (χ1v) is 10.4. The molecule has 1 aromatic heterocycles. The molecule has 10 heteroatoms. The van der Waals surface area contributed by atoms with Crippen molar-refractivity contribution in [2.24, 2.45) is 4.99 Å². The maximum absolute atomic E-state index is 6.09. The summed E-state index contributed by atoms with van der Waals surface area (Å²) < 4.78 is 12.8. The largest absolute Gasteiger partial charge is 0.493 e. The SMILES string of the molecule is CCNC(=NCc1ccc(Cl)cc1OCC)NC1CCc2nc(COC)nn2C1.I. The van der Waals surface area contributed by atoms with Gasteiger partial charge in [0.05, 0.1) is 19.7 Å². The molecule has 0 saturated carbocycles. The van der Waals surface area contributed by atoms with Crippen molar-refractivity contribution in [1.29, 1.82) is 0 Å². The summed E-state index contributed by atoms with van der Waals surface area (Å²) in [5.74, 6) is 3.29. The zero-order valence-corrected chi connectivity index (χ0v) is 20.7. The molecule has 30 heavy (non-hydrogen) atoms. The van der Waals surface area contributed by atoms with Crippen molar-refractivity contribution in [3.05, 3.63) is 40.4 Å². The van der Waals surface area contributed by atoms with E-state index in [2.05, 4.69) is 27.6 Å². The summed E-state index contributed by atoms with van der Waals surface area (Å²) in [6, 6.07) is 5.88. The van der Waals surface area contributed by atoms with Crippen LogP contribution in [0, 0.1) is 0 Å². The van der Waals surface area contributed by atoms with Gasteiger partial charge in [0.1, 0.15) is 18.2 Å². The molecule has 0 bridgehead atoms. The molecule has 166 valence electrons. The molecular weight excluding hydrogens is 519 g/mol. The van der Waals surface area contributed by atoms with Gasteiger partial charge in [0, 0.05) is 36.7 Å². The molecule has 2 aromatic rings. The fourth-order valence-corrected chi connectivity index (χ4v) is 3.46. The minimum atomic E-state index is 0. The second-order valence-electron chi connectivity index (χ2n) is 6.82. The number of aromatic nitrogens is 3. The second-order valence-corrected chi connectivity index (χ2v) is 7.26. The molecule has 0 spiro atoms. The summed E-state index contributed by atoms with van der Waals surface area (Å²) in [6.07, 6.45) is 1.85. The summed E-state index contributed by atoms with van der Waals surface area (Å²) in [7, 11) is 1.65. The molecule has 2 N–H and O–H groups in total. The summed E-state index contributed by atoms with van der Waals surface area (Å²) in [5, 5.41) is 12.0. The Bertz CT molecular complexity index is 845. The number of nitrogens with zero attached hydrogens (tertiary/aromatic N) is 4. The van der Waals surface area contributed by atoms with E-state index in [1.807, 2.05) is 29.8 Å². The van der Waals surface area contributed by atoms with Crippen LogP contribution in [-0.2, 0) is 30.9 Å². The summed E-state index contributed by atoms with van der Waals surface area (Å²) in [5.41, 5.74) is 1.000. The van der Waals surface area contributed by atoms with Gasteiger partial charge >= 0.3 is 0 Å². The molecule has 2 heterocycles. The molecule has 0 fully saturated rings. The van der Waals surface area contributed by atoms with Crippen molar-refractivity contribution in [3.63, 3.8) is 0 Å². The molecular formula is C20H30ClIN6O2. The van der Waals surface area contributed by atoms with Crippen molar-refractivity contribution < 1.29 is 9.47 Å². The van der Waals surface area contributed by atoms with Crippen LogP contribution < -0.4 is 15.4 Å². The first-order valence-electron chi connectivity index (χ1n) is 10.0. The monoisotopic (exact) mass is 548 g/mol. The number of hydrogen-bond donors (Lipinski definition) is 2. The highest BCUT2D eigenvalue weighted by atomic mass is 127. The highest BCUT2D eigenvalue weighted by molar-refractivity contribution is 14.0. The number of halogens is 2. The molecule has 1 aromatic carbocycles. The van der Waals surface area contributed by atoms with Gasteiger partial charge in [-0.2, -0.15) is 5.10 Å². The molecule has 3 rings (SSSR count). The lowest BCUT2D eigenvalue weighted by molar-refractivity contribution is 0.177. The molecule has 0 amide bonds. The number of aryl methyl sites for hydroxylation is 1. The van der Waals surface area contributed by atoms with E-state index in [9.17, 15) is 0 Å². The van der Waals surface area contributed by atoms with Crippen LogP contribution in [-0.4, -0.2) is 47.0 Å². The number of aliphatic imine (C=N–C) groups is 1. The Balaban J connectivity index is 0.00000320. The van der Waals surface area contributed by atoms with Crippen molar-refractivity contribution in [2.75, 3.05) is 20.3 Å². The molecule has 0 aliphatic carbocycles. The first kappa shape index (κ1) is 24.7. The Labute approximate surface area is 199 Å². The van der Waals surface area contributed by atoms with E-state index in [4.69, 9.17) is 26.1 Å². The van der Waals surface area contributed by atoms with E-state index in [1.165, 1.54) is 0 Å². The van der Waals surface area contributed by atoms with Crippen molar-refractivity contribution in [3.8, 4) is 5.75 Å². The third-order valence-corrected chi connectivity index (χ3v) is 4.83. The lowest BCUT2D eigenvalue weighted by atomic mass is 10.1. The smallest absolute Gasteiger partial charge is 0.191 e. The number of fused-ring (bicyclic) bond motifs is 1. The van der Waals surface area contributed by atoms with Crippen LogP contribution in [0.25, 0.3) is 0 Å². The molecule has 0 saturated heterocycles. The Morgan fingerprint density at radius 3 is 2.93 bits per heavy atom. The predicted molar refractivity (Wildman–Crippen MR) is 129 cm³/mol. The van der Waals surface area contributed by atoms with Crippen LogP contribution in [0.4, 0.5) is 0 Å². The third-order valence-electron chi connectivity index (χ3n) is 4.60. The number of nitrogens with one attached hydrogen (secondary N) is 2. The molecule has 8 nitrogen and oxygen atoms in total. The van der Waals surface area contributed by atoms with E-state index in [-0.39, 0.29) is 30.0 Å². The Hall–Kier alpha value is -1.59. The molecule has 1 aliphatic heterocycles. The Morgan fingerprint density at radius 2 is 2.20 bits per heavy atom. The fourth-order valence-electron chi connectivity index (χ4n) is 3.30. The molecule has 1 aliphatic rings. The van der Waals surface area contributed by atoms with Gasteiger partial charge < -0.3 is 20.1 Å². The Morgan fingerprint density at radius 1 is 1.37 bits per heavy atom. The highest BCUT2D eigenvalue weighted by Gasteiger charge is 2.22. The van der Waals surface area contributed by atoms with Gasteiger partial charge in [0.2, 0.25) is 0 Å². The molecule has 0 radical (unpaired) electrons. The van der Waals surface area contributed by atoms with E-state index >= 15 is 0 Å². The Kier molecular flexibility index (Phi) is 10.1. The quantitative estimate of drug-likeness (QED) is 0.300. The number of hydrogen-bond acceptors (Lipinski definition) is 5. The lowest BCUT2D eigenvalue weighted by Gasteiger charge is -2.25. The van der Waals surface area contributed by atoms with Crippen LogP contribution in [0.3, 0.4) is 0 Å². The van der Waals surface area contributed by atoms with Gasteiger partial charge in [-0.15, -0.1) is 24.0 Å². The maximum atomic E-state index is 6.09. The van der Waals surface area contributed by atoms with Gasteiger partial charge in [-0.1, -0.05) is 17.7 Å². The van der Waals surface area contributed by atoms with E-state index in [0.717, 1.165) is 54.9 Å². The zero-order chi connectivity index (χ0) is 20.6. The van der Waals surface area contributed by atoms with E-state index in [0.29, 0.717) is 24.8 Å². The lowest BCUT2D eigenvalue weighted by Crippen LogP contribution is -2.47. The molecule has 1 unspecified atom stereocenters. The highest BCUT2D eigenvalue weighted by Crippen LogP contribution is 2.24. The standard InChI is InChI=1S/C20H29ClN6O2.HI/c1-4-22-20(23-11-14-6-7-15(21)10-17(14)29-5-2)24-16-8-9-19-25-18(13-28-3)26-27(19)12-16;/h6-7,10,16H,4-5,8-9,11-13H2,1-3H3,(H2,22,23,24);1H. The number of methoxy groups -OCH3 is 1. The summed E-state index contributed by atoms with van der Waals surface area (Å²) in [4.78, 5) is 9.28. The van der Waals surface area contributed by atoms with Gasteiger partial charge in [0.25, 0.3) is 0 Å². The van der Waals surface area contributed by atoms with Gasteiger partial charge in [0.15, 0.2) is 11.8 Å². The first-order chi connectivity index (χ1) is 14.1. The van der Waals surface area contributed by atoms with Gasteiger partial charge in [-0.3, -0.25) is 0 Å². The minimum Gasteiger partial charge on any atom is -0.493 e. The second kappa shape index (κ2) is 12.3.